The number of hydrogen-bond acceptors (Lipinski definition) is 4. The molecule has 1 amide bonds. The summed E-state index contributed by atoms with van der Waals surface area (Å²) in [6.45, 7) is 6.83. The molecular weight excluding hydrogens is 476 g/mol. The smallest absolute Gasteiger partial charge is 0.249 e. The first-order valence-corrected chi connectivity index (χ1v) is 13.8. The zero-order chi connectivity index (χ0) is 25.2. The summed E-state index contributed by atoms with van der Waals surface area (Å²) in [5.41, 5.74) is 9.77. The number of hydrogen-bond donors (Lipinski definition) is 2. The number of anilines is 1. The first kappa shape index (κ1) is 27.5. The lowest BCUT2D eigenvalue weighted by molar-refractivity contribution is 0.0999. The molecule has 0 aliphatic carbocycles. The number of unbranched alkanes of at least 4 members (excludes halogenated alkanes) is 2. The number of benzene rings is 2. The van der Waals surface area contributed by atoms with Crippen LogP contribution in [0.4, 0.5) is 5.69 Å². The molecule has 1 aliphatic rings. The number of rotatable bonds is 12. The van der Waals surface area contributed by atoms with Gasteiger partial charge in [0.2, 0.25) is 5.91 Å². The maximum absolute atomic E-state index is 12.5. The van der Waals surface area contributed by atoms with Crippen molar-refractivity contribution in [3.05, 3.63) is 70.3 Å². The fraction of sp³-hybridized carbons (Fsp3) is 0.483. The summed E-state index contributed by atoms with van der Waals surface area (Å²) in [6, 6.07) is 11.8. The van der Waals surface area contributed by atoms with Crippen LogP contribution >= 0.6 is 24.2 Å². The summed E-state index contributed by atoms with van der Waals surface area (Å²) >= 11 is 10.4. The molecule has 2 N–H and O–H groups in total. The Morgan fingerprint density at radius 1 is 1.26 bits per heavy atom. The molecule has 0 fully saturated rings. The molecule has 0 bridgehead atoms. The van der Waals surface area contributed by atoms with Gasteiger partial charge in [-0.05, 0) is 92.5 Å². The van der Waals surface area contributed by atoms with E-state index in [4.69, 9.17) is 22.1 Å². The van der Waals surface area contributed by atoms with E-state index in [0.29, 0.717) is 18.1 Å². The van der Waals surface area contributed by atoms with Gasteiger partial charge in [-0.3, -0.25) is 4.79 Å². The minimum Gasteiger partial charge on any atom is -0.491 e. The van der Waals surface area contributed by atoms with Crippen LogP contribution in [-0.2, 0) is 6.42 Å². The Balaban J connectivity index is 1.84. The van der Waals surface area contributed by atoms with Gasteiger partial charge in [0.1, 0.15) is 5.75 Å². The van der Waals surface area contributed by atoms with Gasteiger partial charge in [0, 0.05) is 29.6 Å². The fourth-order valence-electron chi connectivity index (χ4n) is 4.88. The number of ether oxygens (including phenoxy) is 1. The minimum atomic E-state index is -0.381. The third-order valence-corrected chi connectivity index (χ3v) is 7.37. The van der Waals surface area contributed by atoms with Crippen LogP contribution in [0.25, 0.3) is 0 Å². The van der Waals surface area contributed by atoms with Crippen molar-refractivity contribution in [2.75, 3.05) is 30.3 Å². The molecule has 0 saturated carbocycles. The first-order valence-electron chi connectivity index (χ1n) is 12.8. The summed E-state index contributed by atoms with van der Waals surface area (Å²) in [5.74, 6) is 1.84. The number of carbonyl (C=O) groups excluding carboxylic acids is 1. The predicted molar refractivity (Wildman–Crippen MR) is 151 cm³/mol. The number of amides is 1. The van der Waals surface area contributed by atoms with E-state index in [-0.39, 0.29) is 11.8 Å². The Kier molecular flexibility index (Phi) is 10.9. The molecule has 35 heavy (non-hydrogen) atoms. The van der Waals surface area contributed by atoms with Crippen LogP contribution in [0.3, 0.4) is 0 Å². The van der Waals surface area contributed by atoms with Gasteiger partial charge >= 0.3 is 0 Å². The van der Waals surface area contributed by atoms with Crippen LogP contribution in [0.15, 0.2) is 48.6 Å². The number of nitrogens with zero attached hydrogens (tertiary/aromatic N) is 1. The van der Waals surface area contributed by atoms with Crippen molar-refractivity contribution < 1.29 is 9.53 Å². The van der Waals surface area contributed by atoms with Crippen molar-refractivity contribution in [3.63, 3.8) is 0 Å². The molecule has 3 rings (SSSR count). The van der Waals surface area contributed by atoms with Crippen LogP contribution in [0.1, 0.15) is 73.4 Å². The zero-order valence-electron chi connectivity index (χ0n) is 21.0. The third kappa shape index (κ3) is 7.44. The quantitative estimate of drug-likeness (QED) is 0.181. The van der Waals surface area contributed by atoms with E-state index in [1.807, 2.05) is 30.3 Å². The Bertz CT molecular complexity index is 1010. The highest BCUT2D eigenvalue weighted by atomic mass is 35.5. The van der Waals surface area contributed by atoms with E-state index in [2.05, 4.69) is 49.6 Å². The molecule has 0 spiro atoms. The minimum absolute atomic E-state index is 0.121. The van der Waals surface area contributed by atoms with Crippen LogP contribution in [0, 0.1) is 5.92 Å². The molecule has 0 unspecified atom stereocenters. The number of nitrogens with two attached hydrogens (primary N) is 1. The Labute approximate surface area is 221 Å². The lowest BCUT2D eigenvalue weighted by atomic mass is 9.82. The summed E-state index contributed by atoms with van der Waals surface area (Å²) in [6.07, 6.45) is 10.5. The van der Waals surface area contributed by atoms with Crippen molar-refractivity contribution in [3.8, 4) is 5.75 Å². The van der Waals surface area contributed by atoms with Gasteiger partial charge in [-0.15, -0.1) is 0 Å². The number of fused-ring (bicyclic) bond motifs is 1. The fourth-order valence-corrected chi connectivity index (χ4v) is 5.27. The van der Waals surface area contributed by atoms with Gasteiger partial charge in [0.05, 0.1) is 12.3 Å². The van der Waals surface area contributed by atoms with Crippen LogP contribution < -0.4 is 15.4 Å². The topological polar surface area (TPSA) is 55.6 Å². The van der Waals surface area contributed by atoms with E-state index < -0.39 is 0 Å². The van der Waals surface area contributed by atoms with Crippen molar-refractivity contribution in [2.45, 2.75) is 58.3 Å². The maximum Gasteiger partial charge on any atom is 0.249 e. The number of aryl methyl sites for hydroxylation is 1. The average Bonchev–Trinajstić information content (AvgIpc) is 2.98. The first-order chi connectivity index (χ1) is 17.0. The second kappa shape index (κ2) is 13.8. The number of allylic oxidation sites excluding steroid dienone is 2. The predicted octanol–water partition coefficient (Wildman–Crippen LogP) is 7.06. The monoisotopic (exact) mass is 514 g/mol. The van der Waals surface area contributed by atoms with E-state index >= 15 is 0 Å². The number of halogens is 1. The maximum atomic E-state index is 12.5. The highest BCUT2D eigenvalue weighted by Crippen LogP contribution is 2.45. The molecule has 2 aromatic carbocycles. The Morgan fingerprint density at radius 2 is 2.09 bits per heavy atom. The standard InChI is InChI=1S/C29H39ClN2O2S/c1-3-32-17-16-21(2)24(13-5-4-8-19-35)27-25(29(31)33)14-15-26(28(27)32)34-18-7-6-10-22-11-9-12-23(30)20-22/h5,9,11-15,20-21,24,35H,3-4,6-8,10,16-19H2,1-2H3,(H2,31,33)/b13-5+/t21-,24+/m1/s1. The molecule has 0 radical (unpaired) electrons. The molecule has 190 valence electrons. The summed E-state index contributed by atoms with van der Waals surface area (Å²) < 4.78 is 6.36. The molecule has 0 aromatic heterocycles. The lowest BCUT2D eigenvalue weighted by Gasteiger charge is -2.28. The number of primary amides is 1. The molecule has 6 heteroatoms. The van der Waals surface area contributed by atoms with Crippen molar-refractivity contribution >= 4 is 35.8 Å². The lowest BCUT2D eigenvalue weighted by Crippen LogP contribution is -2.26. The van der Waals surface area contributed by atoms with Crippen molar-refractivity contribution in [1.82, 2.24) is 0 Å². The normalized spacial score (nSPS) is 17.9. The van der Waals surface area contributed by atoms with Gasteiger partial charge in [0.25, 0.3) is 0 Å². The van der Waals surface area contributed by atoms with E-state index in [1.54, 1.807) is 0 Å². The summed E-state index contributed by atoms with van der Waals surface area (Å²) in [5, 5.41) is 0.777. The molecule has 1 heterocycles. The van der Waals surface area contributed by atoms with Gasteiger partial charge < -0.3 is 15.4 Å². The van der Waals surface area contributed by atoms with Crippen LogP contribution in [0.5, 0.6) is 5.75 Å². The zero-order valence-corrected chi connectivity index (χ0v) is 22.7. The van der Waals surface area contributed by atoms with E-state index in [9.17, 15) is 4.79 Å². The molecule has 2 atom stereocenters. The highest BCUT2D eigenvalue weighted by molar-refractivity contribution is 7.80. The second-order valence-electron chi connectivity index (χ2n) is 9.34. The van der Waals surface area contributed by atoms with Crippen LogP contribution in [-0.4, -0.2) is 31.4 Å². The van der Waals surface area contributed by atoms with Gasteiger partial charge in [-0.25, -0.2) is 0 Å². The average molecular weight is 515 g/mol. The highest BCUT2D eigenvalue weighted by Gasteiger charge is 2.32. The molecule has 2 aromatic rings. The van der Waals surface area contributed by atoms with E-state index in [1.165, 1.54) is 5.56 Å². The van der Waals surface area contributed by atoms with Crippen molar-refractivity contribution in [2.24, 2.45) is 11.7 Å². The SMILES string of the molecule is CCN1CC[C@@H](C)[C@H](/C=C/CCCS)c2c(C(N)=O)ccc(OCCCCc3cccc(Cl)c3)c21. The van der Waals surface area contributed by atoms with Gasteiger partial charge in [-0.2, -0.15) is 12.6 Å². The number of thiol groups is 1. The number of carbonyl (C=O) groups is 1. The third-order valence-electron chi connectivity index (χ3n) is 6.82. The largest absolute Gasteiger partial charge is 0.491 e. The van der Waals surface area contributed by atoms with E-state index in [0.717, 1.165) is 79.4 Å². The molecule has 1 aliphatic heterocycles. The van der Waals surface area contributed by atoms with Crippen molar-refractivity contribution in [1.29, 1.82) is 0 Å². The molecular formula is C29H39ClN2O2S. The van der Waals surface area contributed by atoms with Gasteiger partial charge in [-0.1, -0.05) is 42.8 Å². The Hall–Kier alpha value is -2.11. The summed E-state index contributed by atoms with van der Waals surface area (Å²) in [7, 11) is 0. The molecule has 0 saturated heterocycles. The Morgan fingerprint density at radius 3 is 2.80 bits per heavy atom. The summed E-state index contributed by atoms with van der Waals surface area (Å²) in [4.78, 5) is 14.8. The van der Waals surface area contributed by atoms with Gasteiger partial charge in [0.15, 0.2) is 0 Å². The molecule has 4 nitrogen and oxygen atoms in total. The van der Waals surface area contributed by atoms with Crippen LogP contribution in [0.2, 0.25) is 5.02 Å². The second-order valence-corrected chi connectivity index (χ2v) is 10.2.